The van der Waals surface area contributed by atoms with Gasteiger partial charge >= 0.3 is 0 Å². The van der Waals surface area contributed by atoms with Gasteiger partial charge < -0.3 is 5.32 Å². The first kappa shape index (κ1) is 15.5. The number of fused-ring (bicyclic) bond motifs is 1. The van der Waals surface area contributed by atoms with Crippen molar-refractivity contribution in [3.05, 3.63) is 71.8 Å². The zero-order valence-electron chi connectivity index (χ0n) is 13.3. The molecule has 0 aliphatic rings. The largest absolute Gasteiger partial charge is 0.352 e. The lowest BCUT2D eigenvalue weighted by Gasteiger charge is -2.06. The van der Waals surface area contributed by atoms with E-state index in [2.05, 4.69) is 26.4 Å². The van der Waals surface area contributed by atoms with Crippen molar-refractivity contribution in [2.75, 3.05) is 6.54 Å². The summed E-state index contributed by atoms with van der Waals surface area (Å²) in [5, 5.41) is 8.05. The molecule has 0 spiro atoms. The molecule has 2 aromatic carbocycles. The molecule has 4 rings (SSSR count). The predicted octanol–water partition coefficient (Wildman–Crippen LogP) is 2.85. The molecule has 0 unspecified atom stereocenters. The second kappa shape index (κ2) is 6.82. The Balaban J connectivity index is 1.39. The van der Waals surface area contributed by atoms with Gasteiger partial charge in [-0.2, -0.15) is 5.10 Å². The summed E-state index contributed by atoms with van der Waals surface area (Å²) in [4.78, 5) is 20.9. The van der Waals surface area contributed by atoms with Gasteiger partial charge in [0.15, 0.2) is 0 Å². The Labute approximate surface area is 148 Å². The lowest BCUT2D eigenvalue weighted by molar-refractivity contribution is 0.0954. The van der Waals surface area contributed by atoms with E-state index in [-0.39, 0.29) is 5.91 Å². The zero-order chi connectivity index (χ0) is 17.1. The van der Waals surface area contributed by atoms with Crippen molar-refractivity contribution in [3.63, 3.8) is 0 Å². The summed E-state index contributed by atoms with van der Waals surface area (Å²) < 4.78 is 2.79. The molecular formula is C18H15N5OS. The summed E-state index contributed by atoms with van der Waals surface area (Å²) in [7, 11) is 0. The van der Waals surface area contributed by atoms with E-state index < -0.39 is 0 Å². The molecule has 25 heavy (non-hydrogen) atoms. The highest BCUT2D eigenvalue weighted by Gasteiger charge is 2.08. The van der Waals surface area contributed by atoms with Gasteiger partial charge in [-0.15, -0.1) is 11.3 Å². The highest BCUT2D eigenvalue weighted by Crippen LogP contribution is 2.21. The Kier molecular flexibility index (Phi) is 4.22. The Morgan fingerprint density at radius 1 is 1.16 bits per heavy atom. The van der Waals surface area contributed by atoms with Crippen LogP contribution < -0.4 is 5.32 Å². The molecule has 1 amide bonds. The topological polar surface area (TPSA) is 72.7 Å². The average Bonchev–Trinajstić information content (AvgIpc) is 3.31. The molecule has 1 N–H and O–H groups in total. The first-order valence-electron chi connectivity index (χ1n) is 7.87. The van der Waals surface area contributed by atoms with Gasteiger partial charge in [0.05, 0.1) is 20.9 Å². The number of nitrogens with zero attached hydrogens (tertiary/aromatic N) is 4. The van der Waals surface area contributed by atoms with Crippen LogP contribution in [0.25, 0.3) is 15.9 Å². The maximum Gasteiger partial charge on any atom is 0.251 e. The Morgan fingerprint density at radius 3 is 2.92 bits per heavy atom. The molecule has 124 valence electrons. The van der Waals surface area contributed by atoms with Crippen molar-refractivity contribution < 1.29 is 4.79 Å². The molecule has 0 aliphatic heterocycles. The van der Waals surface area contributed by atoms with E-state index >= 15 is 0 Å². The minimum absolute atomic E-state index is 0.108. The average molecular weight is 349 g/mol. The van der Waals surface area contributed by atoms with Crippen LogP contribution in [-0.4, -0.2) is 32.2 Å². The fraction of sp³-hybridized carbons (Fsp3) is 0.111. The highest BCUT2D eigenvalue weighted by atomic mass is 32.1. The van der Waals surface area contributed by atoms with Crippen LogP contribution in [0.1, 0.15) is 15.4 Å². The minimum Gasteiger partial charge on any atom is -0.352 e. The second-order valence-electron chi connectivity index (χ2n) is 5.47. The Morgan fingerprint density at radius 2 is 2.08 bits per heavy atom. The molecule has 0 bridgehead atoms. The van der Waals surface area contributed by atoms with Crippen LogP contribution in [-0.2, 0) is 6.42 Å². The second-order valence-corrected chi connectivity index (χ2v) is 6.59. The number of hydrogen-bond acceptors (Lipinski definition) is 5. The van der Waals surface area contributed by atoms with Crippen LogP contribution in [0.3, 0.4) is 0 Å². The monoisotopic (exact) mass is 349 g/mol. The maximum absolute atomic E-state index is 12.4. The van der Waals surface area contributed by atoms with Gasteiger partial charge in [-0.3, -0.25) is 4.79 Å². The molecule has 0 atom stereocenters. The summed E-state index contributed by atoms with van der Waals surface area (Å²) in [6, 6.07) is 15.3. The van der Waals surface area contributed by atoms with E-state index in [1.165, 1.54) is 11.0 Å². The van der Waals surface area contributed by atoms with Gasteiger partial charge in [0.2, 0.25) is 0 Å². The van der Waals surface area contributed by atoms with E-state index in [0.29, 0.717) is 18.5 Å². The number of hydrogen-bond donors (Lipinski definition) is 1. The highest BCUT2D eigenvalue weighted by molar-refractivity contribution is 7.18. The summed E-state index contributed by atoms with van der Waals surface area (Å²) in [5.41, 5.74) is 2.41. The number of carbonyl (C=O) groups excluding carboxylic acids is 1. The van der Waals surface area contributed by atoms with E-state index in [4.69, 9.17) is 0 Å². The molecule has 4 aromatic rings. The Bertz CT molecular complexity index is 976. The number of carbonyl (C=O) groups is 1. The summed E-state index contributed by atoms with van der Waals surface area (Å²) in [6.07, 6.45) is 3.78. The van der Waals surface area contributed by atoms with Crippen LogP contribution in [0, 0.1) is 0 Å². The predicted molar refractivity (Wildman–Crippen MR) is 97.0 cm³/mol. The van der Waals surface area contributed by atoms with Crippen LogP contribution in [0.5, 0.6) is 0 Å². The first-order valence-corrected chi connectivity index (χ1v) is 8.69. The molecule has 0 saturated carbocycles. The van der Waals surface area contributed by atoms with Crippen LogP contribution in [0.2, 0.25) is 0 Å². The van der Waals surface area contributed by atoms with E-state index in [1.807, 2.05) is 30.3 Å². The number of nitrogens with one attached hydrogen (secondary N) is 1. The van der Waals surface area contributed by atoms with Crippen molar-refractivity contribution in [1.29, 1.82) is 0 Å². The van der Waals surface area contributed by atoms with Gasteiger partial charge in [-0.25, -0.2) is 14.6 Å². The van der Waals surface area contributed by atoms with Gasteiger partial charge in [-0.1, -0.05) is 18.2 Å². The number of amides is 1. The fourth-order valence-electron chi connectivity index (χ4n) is 2.54. The lowest BCUT2D eigenvalue weighted by atomic mass is 10.2. The normalized spacial score (nSPS) is 10.9. The van der Waals surface area contributed by atoms with Gasteiger partial charge in [-0.05, 0) is 30.3 Å². The van der Waals surface area contributed by atoms with E-state index in [0.717, 1.165) is 16.2 Å². The molecular weight excluding hydrogens is 334 g/mol. The third-order valence-corrected chi connectivity index (χ3v) is 4.85. The fourth-order valence-corrected chi connectivity index (χ4v) is 3.51. The van der Waals surface area contributed by atoms with Gasteiger partial charge in [0, 0.05) is 18.5 Å². The van der Waals surface area contributed by atoms with Crippen molar-refractivity contribution in [2.45, 2.75) is 6.42 Å². The third-order valence-electron chi connectivity index (χ3n) is 3.75. The van der Waals surface area contributed by atoms with Crippen molar-refractivity contribution in [3.8, 4) is 5.69 Å². The van der Waals surface area contributed by atoms with Crippen molar-refractivity contribution >= 4 is 27.5 Å². The first-order chi connectivity index (χ1) is 12.3. The smallest absolute Gasteiger partial charge is 0.251 e. The third kappa shape index (κ3) is 3.41. The van der Waals surface area contributed by atoms with Crippen LogP contribution >= 0.6 is 11.3 Å². The van der Waals surface area contributed by atoms with Crippen LogP contribution in [0.4, 0.5) is 0 Å². The number of benzene rings is 2. The molecule has 7 heteroatoms. The molecule has 2 aromatic heterocycles. The van der Waals surface area contributed by atoms with Gasteiger partial charge in [0.1, 0.15) is 12.7 Å². The summed E-state index contributed by atoms with van der Waals surface area (Å²) >= 11 is 1.66. The molecule has 0 aliphatic carbocycles. The quantitative estimate of drug-likeness (QED) is 0.601. The summed E-state index contributed by atoms with van der Waals surface area (Å²) in [5.74, 6) is -0.108. The number of thiazole rings is 1. The molecule has 0 radical (unpaired) electrons. The number of rotatable bonds is 5. The van der Waals surface area contributed by atoms with Crippen molar-refractivity contribution in [1.82, 2.24) is 25.1 Å². The SMILES string of the molecule is O=C(NCCc1nc2ccccc2s1)c1cccc(-n2cncn2)c1. The standard InChI is InChI=1S/C18H15N5OS/c24-18(13-4-3-5-14(10-13)23-12-19-11-21-23)20-9-8-17-22-15-6-1-2-7-16(15)25-17/h1-7,10-12H,8-9H2,(H,20,24). The van der Waals surface area contributed by atoms with Crippen LogP contribution in [0.15, 0.2) is 61.2 Å². The summed E-state index contributed by atoms with van der Waals surface area (Å²) in [6.45, 7) is 0.548. The zero-order valence-corrected chi connectivity index (χ0v) is 14.1. The maximum atomic E-state index is 12.4. The molecule has 0 saturated heterocycles. The number of aromatic nitrogens is 4. The van der Waals surface area contributed by atoms with Gasteiger partial charge in [0.25, 0.3) is 5.91 Å². The lowest BCUT2D eigenvalue weighted by Crippen LogP contribution is -2.25. The number of para-hydroxylation sites is 1. The molecule has 0 fully saturated rings. The van der Waals surface area contributed by atoms with Crippen molar-refractivity contribution in [2.24, 2.45) is 0 Å². The van der Waals surface area contributed by atoms with E-state index in [1.54, 1.807) is 34.5 Å². The minimum atomic E-state index is -0.108. The molecule has 2 heterocycles. The van der Waals surface area contributed by atoms with E-state index in [9.17, 15) is 4.79 Å². The molecule has 6 nitrogen and oxygen atoms in total. The Hall–Kier alpha value is -3.06.